The minimum Gasteiger partial charge on any atom is -0.508 e. The van der Waals surface area contributed by atoms with Gasteiger partial charge < -0.3 is 5.11 Å². The van der Waals surface area contributed by atoms with E-state index >= 15 is 0 Å². The van der Waals surface area contributed by atoms with Gasteiger partial charge in [-0.25, -0.2) is 0 Å². The number of phenols is 1. The molecule has 0 radical (unpaired) electrons. The first-order valence-electron chi connectivity index (χ1n) is 12.8. The van der Waals surface area contributed by atoms with Crippen molar-refractivity contribution >= 4 is 5.78 Å². The van der Waals surface area contributed by atoms with Crippen LogP contribution in [0.25, 0.3) is 0 Å². The van der Waals surface area contributed by atoms with E-state index in [2.05, 4.69) is 19.1 Å². The summed E-state index contributed by atoms with van der Waals surface area (Å²) in [6, 6.07) is 4.68. The van der Waals surface area contributed by atoms with Crippen LogP contribution < -0.4 is 0 Å². The van der Waals surface area contributed by atoms with Crippen LogP contribution in [0.3, 0.4) is 0 Å². The number of fused-ring (bicyclic) bond motifs is 5. The molecule has 4 unspecified atom stereocenters. The van der Waals surface area contributed by atoms with Crippen LogP contribution in [0, 0.1) is 35.0 Å². The van der Waals surface area contributed by atoms with Crippen LogP contribution in [0.15, 0.2) is 12.1 Å². The van der Waals surface area contributed by atoms with Gasteiger partial charge in [-0.05, 0) is 129 Å². The molecule has 0 aliphatic heterocycles. The van der Waals surface area contributed by atoms with Gasteiger partial charge in [0.15, 0.2) is 0 Å². The van der Waals surface area contributed by atoms with Crippen molar-refractivity contribution in [2.75, 3.05) is 0 Å². The van der Waals surface area contributed by atoms with Crippen LogP contribution in [0.2, 0.25) is 0 Å². The molecule has 1 aromatic carbocycles. The van der Waals surface area contributed by atoms with Gasteiger partial charge in [-0.3, -0.25) is 4.79 Å². The zero-order chi connectivity index (χ0) is 20.3. The van der Waals surface area contributed by atoms with Gasteiger partial charge in [0, 0.05) is 17.4 Å². The molecule has 4 bridgehead atoms. The Hall–Kier alpha value is -1.31. The van der Waals surface area contributed by atoms with Crippen molar-refractivity contribution in [1.29, 1.82) is 0 Å². The monoisotopic (exact) mass is 404 g/mol. The second-order valence-corrected chi connectivity index (χ2v) is 12.6. The molecule has 7 aliphatic rings. The molecule has 6 fully saturated rings. The molecule has 2 heteroatoms. The summed E-state index contributed by atoms with van der Waals surface area (Å²) in [6.45, 7) is 2.27. The number of ketones is 1. The number of benzene rings is 1. The average molecular weight is 405 g/mol. The molecular formula is C28H36O2. The summed E-state index contributed by atoms with van der Waals surface area (Å²) in [5, 5.41) is 11.2. The lowest BCUT2D eigenvalue weighted by Crippen LogP contribution is -2.48. The zero-order valence-electron chi connectivity index (χ0n) is 18.5. The lowest BCUT2D eigenvalue weighted by molar-refractivity contribution is -0.129. The van der Waals surface area contributed by atoms with Crippen molar-refractivity contribution in [2.24, 2.45) is 35.0 Å². The summed E-state index contributed by atoms with van der Waals surface area (Å²) < 4.78 is 0. The fourth-order valence-corrected chi connectivity index (χ4v) is 10.2. The molecule has 2 nitrogen and oxygen atoms in total. The Balaban J connectivity index is 1.29. The molecular weight excluding hydrogens is 368 g/mol. The van der Waals surface area contributed by atoms with Gasteiger partial charge in [0.1, 0.15) is 11.5 Å². The van der Waals surface area contributed by atoms with Crippen molar-refractivity contribution in [2.45, 2.75) is 95.3 Å². The summed E-state index contributed by atoms with van der Waals surface area (Å²) in [5.41, 5.74) is 4.51. The largest absolute Gasteiger partial charge is 0.508 e. The summed E-state index contributed by atoms with van der Waals surface area (Å²) >= 11 is 0. The maximum atomic E-state index is 12.7. The van der Waals surface area contributed by atoms with Crippen LogP contribution >= 0.6 is 0 Å². The Bertz CT molecular complexity index is 894. The maximum absolute atomic E-state index is 12.7. The minimum absolute atomic E-state index is 0.0433. The fraction of sp³-hybridized carbons (Fsp3) is 0.750. The SMILES string of the molecule is CC12CCC3c4cc(C56CC7CC(CC(C7)C5)C6)c(O)cc4CCC3C1CCC2=O. The van der Waals surface area contributed by atoms with E-state index in [-0.39, 0.29) is 10.8 Å². The Morgan fingerprint density at radius 3 is 2.33 bits per heavy atom. The normalized spacial score (nSPS) is 48.4. The molecule has 160 valence electrons. The van der Waals surface area contributed by atoms with Gasteiger partial charge in [-0.15, -0.1) is 0 Å². The van der Waals surface area contributed by atoms with Gasteiger partial charge in [0.2, 0.25) is 0 Å². The van der Waals surface area contributed by atoms with Crippen molar-refractivity contribution in [1.82, 2.24) is 0 Å². The Kier molecular flexibility index (Phi) is 3.61. The van der Waals surface area contributed by atoms with Crippen LogP contribution in [0.1, 0.15) is 100 Å². The number of Topliss-reactive ketones (excluding diaryl/α,β-unsaturated/α-hetero) is 1. The second kappa shape index (κ2) is 5.93. The van der Waals surface area contributed by atoms with Crippen LogP contribution in [-0.2, 0) is 16.6 Å². The molecule has 1 N–H and O–H groups in total. The van der Waals surface area contributed by atoms with E-state index in [0.29, 0.717) is 29.3 Å². The molecule has 0 aromatic heterocycles. The maximum Gasteiger partial charge on any atom is 0.139 e. The summed E-state index contributed by atoms with van der Waals surface area (Å²) in [5.74, 6) is 5.73. The first-order chi connectivity index (χ1) is 14.5. The number of aromatic hydroxyl groups is 1. The standard InChI is InChI=1S/C28H36O2/c1-27-7-6-20-21(23(27)4-5-26(27)30)3-2-19-11-25(29)24(12-22(19)20)28-13-16-8-17(14-28)10-18(9-16)15-28/h11-12,16-18,20-21,23,29H,2-10,13-15H2,1H3. The van der Waals surface area contributed by atoms with Crippen molar-refractivity contribution in [3.05, 3.63) is 28.8 Å². The molecule has 8 rings (SSSR count). The highest BCUT2D eigenvalue weighted by Crippen LogP contribution is 2.64. The van der Waals surface area contributed by atoms with Gasteiger partial charge >= 0.3 is 0 Å². The number of phenolic OH excluding ortho intramolecular Hbond substituents is 1. The topological polar surface area (TPSA) is 37.3 Å². The number of hydrogen-bond acceptors (Lipinski definition) is 2. The van der Waals surface area contributed by atoms with Crippen molar-refractivity contribution in [3.63, 3.8) is 0 Å². The van der Waals surface area contributed by atoms with E-state index in [1.807, 2.05) is 0 Å². The molecule has 30 heavy (non-hydrogen) atoms. The number of hydrogen-bond donors (Lipinski definition) is 1. The van der Waals surface area contributed by atoms with E-state index in [0.717, 1.165) is 43.4 Å². The molecule has 0 saturated heterocycles. The van der Waals surface area contributed by atoms with E-state index in [4.69, 9.17) is 0 Å². The minimum atomic E-state index is -0.0433. The number of aryl methyl sites for hydroxylation is 1. The highest BCUT2D eigenvalue weighted by Gasteiger charge is 2.56. The molecule has 0 amide bonds. The van der Waals surface area contributed by atoms with Crippen LogP contribution in [0.5, 0.6) is 5.75 Å². The molecule has 6 saturated carbocycles. The summed E-state index contributed by atoms with van der Waals surface area (Å²) in [7, 11) is 0. The average Bonchev–Trinajstić information content (AvgIpc) is 3.01. The third kappa shape index (κ3) is 2.29. The lowest BCUT2D eigenvalue weighted by atomic mass is 9.47. The molecule has 0 heterocycles. The first-order valence-corrected chi connectivity index (χ1v) is 12.8. The number of carbonyl (C=O) groups excluding carboxylic acids is 1. The predicted octanol–water partition coefficient (Wildman–Crippen LogP) is 6.29. The third-order valence-corrected chi connectivity index (χ3v) is 11.2. The van der Waals surface area contributed by atoms with Crippen molar-refractivity contribution < 1.29 is 9.90 Å². The predicted molar refractivity (Wildman–Crippen MR) is 118 cm³/mol. The summed E-state index contributed by atoms with van der Waals surface area (Å²) in [4.78, 5) is 12.7. The van der Waals surface area contributed by atoms with E-state index in [1.54, 1.807) is 5.56 Å². The molecule has 7 aliphatic carbocycles. The summed E-state index contributed by atoms with van der Waals surface area (Å²) in [6.07, 6.45) is 14.8. The molecule has 1 aromatic rings. The smallest absolute Gasteiger partial charge is 0.139 e. The number of rotatable bonds is 1. The van der Waals surface area contributed by atoms with Crippen LogP contribution in [0.4, 0.5) is 0 Å². The lowest BCUT2D eigenvalue weighted by Gasteiger charge is -2.57. The Morgan fingerprint density at radius 1 is 0.933 bits per heavy atom. The third-order valence-electron chi connectivity index (χ3n) is 11.2. The van der Waals surface area contributed by atoms with Gasteiger partial charge in [-0.1, -0.05) is 13.0 Å². The van der Waals surface area contributed by atoms with Gasteiger partial charge in [0.05, 0.1) is 0 Å². The second-order valence-electron chi connectivity index (χ2n) is 12.6. The fourth-order valence-electron chi connectivity index (χ4n) is 10.2. The van der Waals surface area contributed by atoms with Gasteiger partial charge in [-0.2, -0.15) is 0 Å². The molecule has 0 spiro atoms. The molecule has 4 atom stereocenters. The van der Waals surface area contributed by atoms with E-state index in [1.165, 1.54) is 62.5 Å². The van der Waals surface area contributed by atoms with E-state index in [9.17, 15) is 9.90 Å². The van der Waals surface area contributed by atoms with E-state index < -0.39 is 0 Å². The Labute approximate surface area is 180 Å². The van der Waals surface area contributed by atoms with Crippen molar-refractivity contribution in [3.8, 4) is 5.75 Å². The van der Waals surface area contributed by atoms with Gasteiger partial charge in [0.25, 0.3) is 0 Å². The Morgan fingerprint density at radius 2 is 1.63 bits per heavy atom. The quantitative estimate of drug-likeness (QED) is 0.597. The highest BCUT2D eigenvalue weighted by atomic mass is 16.3. The first kappa shape index (κ1) is 18.3. The zero-order valence-corrected chi connectivity index (χ0v) is 18.5. The highest BCUT2D eigenvalue weighted by molar-refractivity contribution is 5.87. The number of carbonyl (C=O) groups is 1. The van der Waals surface area contributed by atoms with Crippen LogP contribution in [-0.4, -0.2) is 10.9 Å².